The van der Waals surface area contributed by atoms with Gasteiger partial charge in [0.05, 0.1) is 4.92 Å². The van der Waals surface area contributed by atoms with Crippen molar-refractivity contribution in [2.24, 2.45) is 0 Å². The van der Waals surface area contributed by atoms with Crippen LogP contribution in [0.1, 0.15) is 5.56 Å². The Morgan fingerprint density at radius 1 is 1.35 bits per heavy atom. The zero-order valence-electron chi connectivity index (χ0n) is 10.1. The molecule has 0 saturated carbocycles. The van der Waals surface area contributed by atoms with Gasteiger partial charge in [-0.05, 0) is 24.3 Å². The van der Waals surface area contributed by atoms with E-state index in [4.69, 9.17) is 11.6 Å². The van der Waals surface area contributed by atoms with Crippen molar-refractivity contribution in [3.8, 4) is 0 Å². The number of nitro groups is 1. The summed E-state index contributed by atoms with van der Waals surface area (Å²) >= 11 is 9.07. The monoisotopic (exact) mass is 358 g/mol. The molecule has 0 aliphatic rings. The first kappa shape index (κ1) is 14.7. The highest BCUT2D eigenvalue weighted by Gasteiger charge is 2.15. The van der Waals surface area contributed by atoms with Gasteiger partial charge in [0.2, 0.25) is 0 Å². The summed E-state index contributed by atoms with van der Waals surface area (Å²) in [5.41, 5.74) is 0.482. The summed E-state index contributed by atoms with van der Waals surface area (Å²) in [6, 6.07) is 8.96. The molecular weight excluding hydrogens is 351 g/mol. The Morgan fingerprint density at radius 3 is 2.75 bits per heavy atom. The molecule has 0 aromatic heterocycles. The summed E-state index contributed by atoms with van der Waals surface area (Å²) < 4.78 is 14.2. The van der Waals surface area contributed by atoms with Gasteiger partial charge in [0.15, 0.2) is 0 Å². The van der Waals surface area contributed by atoms with E-state index in [2.05, 4.69) is 21.2 Å². The van der Waals surface area contributed by atoms with E-state index in [0.717, 1.165) is 0 Å². The Hall–Kier alpha value is -1.66. The maximum atomic E-state index is 13.6. The number of nitro benzene ring substituents is 1. The third kappa shape index (κ3) is 3.26. The molecule has 0 bridgehead atoms. The van der Waals surface area contributed by atoms with Gasteiger partial charge in [-0.3, -0.25) is 10.1 Å². The zero-order chi connectivity index (χ0) is 14.7. The molecule has 0 amide bonds. The van der Waals surface area contributed by atoms with Crippen molar-refractivity contribution in [3.05, 3.63) is 67.4 Å². The first-order chi connectivity index (χ1) is 9.49. The minimum atomic E-state index is -0.504. The van der Waals surface area contributed by atoms with Gasteiger partial charge in [0, 0.05) is 27.7 Å². The van der Waals surface area contributed by atoms with Crippen LogP contribution in [-0.2, 0) is 6.54 Å². The molecule has 0 heterocycles. The molecule has 0 fully saturated rings. The first-order valence-electron chi connectivity index (χ1n) is 5.59. The van der Waals surface area contributed by atoms with Crippen LogP contribution in [0.5, 0.6) is 0 Å². The summed E-state index contributed by atoms with van der Waals surface area (Å²) in [6.07, 6.45) is 0. The smallest absolute Gasteiger partial charge is 0.293 e. The number of hydrogen-bond acceptors (Lipinski definition) is 3. The van der Waals surface area contributed by atoms with Crippen LogP contribution in [-0.4, -0.2) is 4.92 Å². The molecule has 0 radical (unpaired) electrons. The molecule has 104 valence electrons. The minimum Gasteiger partial charge on any atom is -0.375 e. The molecule has 2 aromatic carbocycles. The van der Waals surface area contributed by atoms with Crippen LogP contribution >= 0.6 is 27.5 Å². The highest BCUT2D eigenvalue weighted by Crippen LogP contribution is 2.29. The van der Waals surface area contributed by atoms with E-state index in [1.165, 1.54) is 18.2 Å². The number of nitrogens with one attached hydrogen (secondary N) is 1. The van der Waals surface area contributed by atoms with Gasteiger partial charge in [-0.1, -0.05) is 33.6 Å². The number of halogens is 3. The topological polar surface area (TPSA) is 55.2 Å². The maximum Gasteiger partial charge on any atom is 0.293 e. The largest absolute Gasteiger partial charge is 0.375 e. The van der Waals surface area contributed by atoms with Gasteiger partial charge < -0.3 is 5.32 Å². The minimum absolute atomic E-state index is 0.0635. The third-order valence-corrected chi connectivity index (χ3v) is 3.52. The fourth-order valence-corrected chi connectivity index (χ4v) is 2.27. The second-order valence-electron chi connectivity index (χ2n) is 3.97. The van der Waals surface area contributed by atoms with Crippen molar-refractivity contribution in [2.75, 3.05) is 5.32 Å². The van der Waals surface area contributed by atoms with Crippen LogP contribution in [0.15, 0.2) is 40.9 Å². The number of nitrogens with zero attached hydrogens (tertiary/aromatic N) is 1. The van der Waals surface area contributed by atoms with Crippen molar-refractivity contribution >= 4 is 38.9 Å². The quantitative estimate of drug-likeness (QED) is 0.632. The molecule has 0 spiro atoms. The molecule has 7 heteroatoms. The second kappa shape index (κ2) is 6.19. The highest BCUT2D eigenvalue weighted by molar-refractivity contribution is 9.10. The van der Waals surface area contributed by atoms with E-state index in [1.807, 2.05) is 0 Å². The molecule has 0 aliphatic heterocycles. The summed E-state index contributed by atoms with van der Waals surface area (Å²) in [4.78, 5) is 10.5. The fraction of sp³-hybridized carbons (Fsp3) is 0.0769. The lowest BCUT2D eigenvalue weighted by Gasteiger charge is -2.09. The molecule has 0 aliphatic carbocycles. The molecule has 0 saturated heterocycles. The lowest BCUT2D eigenvalue weighted by molar-refractivity contribution is -0.384. The van der Waals surface area contributed by atoms with Gasteiger partial charge in [0.1, 0.15) is 11.5 Å². The number of anilines is 1. The predicted octanol–water partition coefficient (Wildman–Crippen LogP) is 4.76. The molecule has 1 N–H and O–H groups in total. The third-order valence-electron chi connectivity index (χ3n) is 2.67. The van der Waals surface area contributed by atoms with Crippen molar-refractivity contribution in [1.82, 2.24) is 0 Å². The molecule has 2 aromatic rings. The van der Waals surface area contributed by atoms with Gasteiger partial charge >= 0.3 is 0 Å². The van der Waals surface area contributed by atoms with Crippen LogP contribution in [0, 0.1) is 15.9 Å². The molecule has 0 unspecified atom stereocenters. The van der Waals surface area contributed by atoms with Gasteiger partial charge in [-0.25, -0.2) is 4.39 Å². The Kier molecular flexibility index (Phi) is 4.57. The SMILES string of the molecule is O=[N+]([O-])c1cc(Br)ccc1NCc1c(F)cccc1Cl. The van der Waals surface area contributed by atoms with E-state index in [1.54, 1.807) is 18.2 Å². The van der Waals surface area contributed by atoms with E-state index in [9.17, 15) is 14.5 Å². The molecule has 20 heavy (non-hydrogen) atoms. The summed E-state index contributed by atoms with van der Waals surface area (Å²) in [5, 5.41) is 14.1. The molecule has 2 rings (SSSR count). The van der Waals surface area contributed by atoms with Crippen LogP contribution in [0.4, 0.5) is 15.8 Å². The van der Waals surface area contributed by atoms with Crippen LogP contribution in [0.25, 0.3) is 0 Å². The zero-order valence-corrected chi connectivity index (χ0v) is 12.4. The Labute approximate surface area is 127 Å². The number of hydrogen-bond donors (Lipinski definition) is 1. The molecular formula is C13H9BrClFN2O2. The Bertz CT molecular complexity index is 647. The number of benzene rings is 2. The molecule has 0 atom stereocenters. The van der Waals surface area contributed by atoms with E-state index in [0.29, 0.717) is 10.2 Å². The highest BCUT2D eigenvalue weighted by atomic mass is 79.9. The van der Waals surface area contributed by atoms with Crippen LogP contribution in [0.2, 0.25) is 5.02 Å². The lowest BCUT2D eigenvalue weighted by Crippen LogP contribution is -2.05. The predicted molar refractivity (Wildman–Crippen MR) is 79.5 cm³/mol. The standard InChI is InChI=1S/C13H9BrClFN2O2/c14-8-4-5-12(13(6-8)18(19)20)17-7-9-10(15)2-1-3-11(9)16/h1-6,17H,7H2. The van der Waals surface area contributed by atoms with Crippen molar-refractivity contribution in [1.29, 1.82) is 0 Å². The van der Waals surface area contributed by atoms with Crippen molar-refractivity contribution in [3.63, 3.8) is 0 Å². The average Bonchev–Trinajstić information content (AvgIpc) is 2.39. The Balaban J connectivity index is 2.25. The van der Waals surface area contributed by atoms with Gasteiger partial charge in [0.25, 0.3) is 5.69 Å². The maximum absolute atomic E-state index is 13.6. The number of rotatable bonds is 4. The van der Waals surface area contributed by atoms with Crippen molar-refractivity contribution in [2.45, 2.75) is 6.54 Å². The first-order valence-corrected chi connectivity index (χ1v) is 6.77. The van der Waals surface area contributed by atoms with Crippen LogP contribution in [0.3, 0.4) is 0 Å². The Morgan fingerprint density at radius 2 is 2.10 bits per heavy atom. The van der Waals surface area contributed by atoms with E-state index < -0.39 is 10.7 Å². The summed E-state index contributed by atoms with van der Waals surface area (Å²) in [6.45, 7) is 0.0635. The summed E-state index contributed by atoms with van der Waals surface area (Å²) in [5.74, 6) is -0.454. The average molecular weight is 360 g/mol. The van der Waals surface area contributed by atoms with Gasteiger partial charge in [-0.2, -0.15) is 0 Å². The van der Waals surface area contributed by atoms with E-state index >= 15 is 0 Å². The van der Waals surface area contributed by atoms with Crippen LogP contribution < -0.4 is 5.32 Å². The second-order valence-corrected chi connectivity index (χ2v) is 5.30. The summed E-state index contributed by atoms with van der Waals surface area (Å²) in [7, 11) is 0. The fourth-order valence-electron chi connectivity index (χ4n) is 1.69. The lowest BCUT2D eigenvalue weighted by atomic mass is 10.2. The molecule has 4 nitrogen and oxygen atoms in total. The van der Waals surface area contributed by atoms with Crippen molar-refractivity contribution < 1.29 is 9.31 Å². The normalized spacial score (nSPS) is 10.3. The van der Waals surface area contributed by atoms with Gasteiger partial charge in [-0.15, -0.1) is 0 Å². The van der Waals surface area contributed by atoms with E-state index in [-0.39, 0.29) is 22.8 Å².